The summed E-state index contributed by atoms with van der Waals surface area (Å²) in [4.78, 5) is 1.81. The van der Waals surface area contributed by atoms with Crippen LogP contribution >= 0.6 is 0 Å². The molecular weight excluding hydrogens is 186 g/mol. The second-order valence-electron chi connectivity index (χ2n) is 3.83. The molecule has 0 aliphatic carbocycles. The predicted octanol–water partition coefficient (Wildman–Crippen LogP) is 2.06. The first kappa shape index (κ1) is 9.77. The fraction of sp³-hybridized carbons (Fsp3) is 0.250. The molecule has 0 radical (unpaired) electrons. The second-order valence-corrected chi connectivity index (χ2v) is 3.83. The zero-order chi connectivity index (χ0) is 10.8. The Morgan fingerprint density at radius 1 is 1.07 bits per heavy atom. The van der Waals surface area contributed by atoms with Crippen LogP contribution in [0.5, 0.6) is 0 Å². The van der Waals surface area contributed by atoms with Gasteiger partial charge in [-0.25, -0.2) is 0 Å². The van der Waals surface area contributed by atoms with Gasteiger partial charge in [-0.1, -0.05) is 29.8 Å². The molecule has 0 spiro atoms. The second kappa shape index (κ2) is 3.77. The van der Waals surface area contributed by atoms with Gasteiger partial charge in [0.1, 0.15) is 0 Å². The first-order valence-electron chi connectivity index (χ1n) is 4.97. The summed E-state index contributed by atoms with van der Waals surface area (Å²) in [7, 11) is 3.93. The Labute approximate surface area is 89.9 Å². The van der Waals surface area contributed by atoms with Crippen molar-refractivity contribution >= 4 is 0 Å². The zero-order valence-corrected chi connectivity index (χ0v) is 9.31. The van der Waals surface area contributed by atoms with E-state index in [2.05, 4.69) is 36.3 Å². The van der Waals surface area contributed by atoms with Crippen LogP contribution in [-0.4, -0.2) is 24.0 Å². The topological polar surface area (TPSA) is 21.1 Å². The third-order valence-corrected chi connectivity index (χ3v) is 2.33. The van der Waals surface area contributed by atoms with Gasteiger partial charge in [0.2, 0.25) is 0 Å². The van der Waals surface area contributed by atoms with E-state index in [4.69, 9.17) is 0 Å². The van der Waals surface area contributed by atoms with Crippen LogP contribution in [0, 0.1) is 6.92 Å². The molecule has 0 aliphatic rings. The highest BCUT2D eigenvalue weighted by molar-refractivity contribution is 5.58. The molecule has 0 atom stereocenters. The van der Waals surface area contributed by atoms with Crippen molar-refractivity contribution in [1.82, 2.24) is 9.89 Å². The Morgan fingerprint density at radius 2 is 1.73 bits per heavy atom. The fourth-order valence-corrected chi connectivity index (χ4v) is 1.42. The van der Waals surface area contributed by atoms with Crippen molar-refractivity contribution in [1.29, 1.82) is 0 Å². The summed E-state index contributed by atoms with van der Waals surface area (Å²) in [6.07, 6.45) is 1.95. The Balaban J connectivity index is 2.33. The predicted molar refractivity (Wildman–Crippen MR) is 62.5 cm³/mol. The van der Waals surface area contributed by atoms with E-state index in [0.717, 1.165) is 11.3 Å². The lowest BCUT2D eigenvalue weighted by Gasteiger charge is -2.10. The fourth-order valence-electron chi connectivity index (χ4n) is 1.42. The number of rotatable bonds is 2. The Hall–Kier alpha value is -1.77. The minimum Gasteiger partial charge on any atom is -0.303 e. The monoisotopic (exact) mass is 201 g/mol. The molecule has 0 N–H and O–H groups in total. The molecule has 3 heteroatoms. The normalized spacial score (nSPS) is 10.3. The van der Waals surface area contributed by atoms with Gasteiger partial charge in [0.25, 0.3) is 0 Å². The third-order valence-electron chi connectivity index (χ3n) is 2.33. The lowest BCUT2D eigenvalue weighted by molar-refractivity contribution is 0.641. The number of aryl methyl sites for hydroxylation is 1. The summed E-state index contributed by atoms with van der Waals surface area (Å²) >= 11 is 0. The molecule has 0 aliphatic heterocycles. The van der Waals surface area contributed by atoms with Crippen molar-refractivity contribution in [3.63, 3.8) is 0 Å². The maximum absolute atomic E-state index is 4.45. The highest BCUT2D eigenvalue weighted by Gasteiger charge is 2.02. The molecule has 0 fully saturated rings. The van der Waals surface area contributed by atoms with Gasteiger partial charge in [-0.15, -0.1) is 0 Å². The van der Waals surface area contributed by atoms with Crippen molar-refractivity contribution in [2.75, 3.05) is 19.1 Å². The molecule has 2 aromatic rings. The molecule has 3 nitrogen and oxygen atoms in total. The Morgan fingerprint density at radius 3 is 2.27 bits per heavy atom. The lowest BCUT2D eigenvalue weighted by Crippen LogP contribution is -2.24. The van der Waals surface area contributed by atoms with Gasteiger partial charge in [-0.3, -0.25) is 0 Å². The van der Waals surface area contributed by atoms with Crippen LogP contribution in [0.4, 0.5) is 0 Å². The highest BCUT2D eigenvalue weighted by atomic mass is 15.6. The van der Waals surface area contributed by atoms with Crippen molar-refractivity contribution in [3.8, 4) is 11.3 Å². The average Bonchev–Trinajstić information content (AvgIpc) is 2.68. The molecule has 0 amide bonds. The molecule has 0 unspecified atom stereocenters. The third kappa shape index (κ3) is 2.01. The molecule has 1 heterocycles. The minimum absolute atomic E-state index is 1.00. The molecule has 0 saturated carbocycles. The van der Waals surface area contributed by atoms with Gasteiger partial charge >= 0.3 is 0 Å². The lowest BCUT2D eigenvalue weighted by atomic mass is 10.1. The Kier molecular flexibility index (Phi) is 2.46. The Bertz CT molecular complexity index is 440. The molecule has 1 aromatic carbocycles. The SMILES string of the molecule is Cc1ccc(-c2ccn(N(C)C)n2)cc1. The summed E-state index contributed by atoms with van der Waals surface area (Å²) < 4.78 is 0. The van der Waals surface area contributed by atoms with E-state index < -0.39 is 0 Å². The van der Waals surface area contributed by atoms with E-state index in [9.17, 15) is 0 Å². The summed E-state index contributed by atoms with van der Waals surface area (Å²) in [5.41, 5.74) is 3.43. The highest BCUT2D eigenvalue weighted by Crippen LogP contribution is 2.16. The number of hydrogen-bond donors (Lipinski definition) is 0. The van der Waals surface area contributed by atoms with Gasteiger partial charge in [-0.2, -0.15) is 9.89 Å². The zero-order valence-electron chi connectivity index (χ0n) is 9.31. The van der Waals surface area contributed by atoms with Crippen molar-refractivity contribution in [3.05, 3.63) is 42.1 Å². The van der Waals surface area contributed by atoms with Crippen LogP contribution in [0.15, 0.2) is 36.5 Å². The standard InChI is InChI=1S/C12H15N3/c1-10-4-6-11(7-5-10)12-8-9-15(13-12)14(2)3/h4-9H,1-3H3. The number of nitrogens with zero attached hydrogens (tertiary/aromatic N) is 3. The smallest absolute Gasteiger partial charge is 0.0944 e. The largest absolute Gasteiger partial charge is 0.303 e. The van der Waals surface area contributed by atoms with Gasteiger partial charge in [0.05, 0.1) is 5.69 Å². The molecule has 0 saturated heterocycles. The van der Waals surface area contributed by atoms with Gasteiger partial charge < -0.3 is 5.01 Å². The number of benzene rings is 1. The van der Waals surface area contributed by atoms with Crippen LogP contribution in [0.1, 0.15) is 5.56 Å². The van der Waals surface area contributed by atoms with E-state index in [1.807, 2.05) is 36.2 Å². The van der Waals surface area contributed by atoms with E-state index in [0.29, 0.717) is 0 Å². The summed E-state index contributed by atoms with van der Waals surface area (Å²) in [5, 5.41) is 6.38. The molecule has 15 heavy (non-hydrogen) atoms. The molecule has 1 aromatic heterocycles. The summed E-state index contributed by atoms with van der Waals surface area (Å²) in [5.74, 6) is 0. The van der Waals surface area contributed by atoms with E-state index in [1.165, 1.54) is 5.56 Å². The maximum atomic E-state index is 4.45. The van der Waals surface area contributed by atoms with E-state index in [1.54, 1.807) is 0 Å². The van der Waals surface area contributed by atoms with Crippen LogP contribution < -0.4 is 5.01 Å². The first-order chi connectivity index (χ1) is 7.16. The van der Waals surface area contributed by atoms with Crippen LogP contribution in [0.2, 0.25) is 0 Å². The first-order valence-corrected chi connectivity index (χ1v) is 4.97. The quantitative estimate of drug-likeness (QED) is 0.741. The van der Waals surface area contributed by atoms with E-state index in [-0.39, 0.29) is 0 Å². The number of hydrogen-bond acceptors (Lipinski definition) is 2. The van der Waals surface area contributed by atoms with Gasteiger partial charge in [0.15, 0.2) is 0 Å². The van der Waals surface area contributed by atoms with Crippen LogP contribution in [0.25, 0.3) is 11.3 Å². The summed E-state index contributed by atoms with van der Waals surface area (Å²) in [6, 6.07) is 10.4. The van der Waals surface area contributed by atoms with Crippen molar-refractivity contribution in [2.24, 2.45) is 0 Å². The van der Waals surface area contributed by atoms with E-state index >= 15 is 0 Å². The minimum atomic E-state index is 1.00. The summed E-state index contributed by atoms with van der Waals surface area (Å²) in [6.45, 7) is 2.09. The molecule has 2 rings (SSSR count). The molecular formula is C12H15N3. The average molecular weight is 201 g/mol. The number of aromatic nitrogens is 2. The maximum Gasteiger partial charge on any atom is 0.0944 e. The van der Waals surface area contributed by atoms with Crippen LogP contribution in [0.3, 0.4) is 0 Å². The van der Waals surface area contributed by atoms with Gasteiger partial charge in [-0.05, 0) is 13.0 Å². The van der Waals surface area contributed by atoms with Gasteiger partial charge in [0, 0.05) is 25.9 Å². The molecule has 78 valence electrons. The van der Waals surface area contributed by atoms with Crippen molar-refractivity contribution < 1.29 is 0 Å². The van der Waals surface area contributed by atoms with Crippen molar-refractivity contribution in [2.45, 2.75) is 6.92 Å². The van der Waals surface area contributed by atoms with Crippen LogP contribution in [-0.2, 0) is 0 Å². The molecule has 0 bridgehead atoms.